The molecular formula is C10H7BrF3N3. The second-order valence-electron chi connectivity index (χ2n) is 3.32. The largest absolute Gasteiger partial charge is 0.435 e. The summed E-state index contributed by atoms with van der Waals surface area (Å²) in [6, 6.07) is 7.56. The zero-order chi connectivity index (χ0) is 12.6. The Labute approximate surface area is 103 Å². The molecule has 1 aromatic carbocycles. The highest BCUT2D eigenvalue weighted by Crippen LogP contribution is 2.31. The van der Waals surface area contributed by atoms with Crippen LogP contribution < -0.4 is 5.73 Å². The lowest BCUT2D eigenvalue weighted by molar-refractivity contribution is -0.141. The number of nitrogens with zero attached hydrogens (tertiary/aromatic N) is 2. The van der Waals surface area contributed by atoms with Crippen LogP contribution in [0.3, 0.4) is 0 Å². The SMILES string of the molecule is Nc1cc(C(F)(F)F)nn1-c1ccccc1Br. The van der Waals surface area contributed by atoms with Crippen LogP contribution in [0, 0.1) is 0 Å². The van der Waals surface area contributed by atoms with E-state index in [9.17, 15) is 13.2 Å². The van der Waals surface area contributed by atoms with Crippen LogP contribution in [-0.2, 0) is 6.18 Å². The van der Waals surface area contributed by atoms with E-state index < -0.39 is 11.9 Å². The molecule has 90 valence electrons. The van der Waals surface area contributed by atoms with E-state index in [0.29, 0.717) is 10.2 Å². The molecule has 7 heteroatoms. The van der Waals surface area contributed by atoms with Crippen LogP contribution >= 0.6 is 15.9 Å². The Bertz CT molecular complexity index is 548. The van der Waals surface area contributed by atoms with Crippen molar-refractivity contribution in [2.45, 2.75) is 6.18 Å². The number of nitrogen functional groups attached to an aromatic ring is 1. The maximum Gasteiger partial charge on any atom is 0.435 e. The molecule has 0 unspecified atom stereocenters. The van der Waals surface area contributed by atoms with E-state index >= 15 is 0 Å². The van der Waals surface area contributed by atoms with Gasteiger partial charge in [-0.25, -0.2) is 4.68 Å². The van der Waals surface area contributed by atoms with Gasteiger partial charge < -0.3 is 5.73 Å². The minimum Gasteiger partial charge on any atom is -0.384 e. The summed E-state index contributed by atoms with van der Waals surface area (Å²) in [5.74, 6) is -0.0655. The average molecular weight is 306 g/mol. The van der Waals surface area contributed by atoms with Gasteiger partial charge in [0.15, 0.2) is 5.69 Å². The molecule has 0 saturated heterocycles. The fourth-order valence-electron chi connectivity index (χ4n) is 1.35. The number of rotatable bonds is 1. The highest BCUT2D eigenvalue weighted by atomic mass is 79.9. The Morgan fingerprint density at radius 3 is 2.41 bits per heavy atom. The van der Waals surface area contributed by atoms with Crippen molar-refractivity contribution in [3.63, 3.8) is 0 Å². The molecule has 17 heavy (non-hydrogen) atoms. The summed E-state index contributed by atoms with van der Waals surface area (Å²) in [6.07, 6.45) is -4.50. The van der Waals surface area contributed by atoms with Crippen LogP contribution in [0.15, 0.2) is 34.8 Å². The number of nitrogens with two attached hydrogens (primary N) is 1. The quantitative estimate of drug-likeness (QED) is 0.879. The summed E-state index contributed by atoms with van der Waals surface area (Å²) in [7, 11) is 0. The van der Waals surface area contributed by atoms with Crippen LogP contribution in [0.2, 0.25) is 0 Å². The van der Waals surface area contributed by atoms with Gasteiger partial charge in [0.05, 0.1) is 5.69 Å². The zero-order valence-electron chi connectivity index (χ0n) is 8.37. The van der Waals surface area contributed by atoms with Crippen LogP contribution in [-0.4, -0.2) is 9.78 Å². The molecule has 1 heterocycles. The Balaban J connectivity index is 2.55. The van der Waals surface area contributed by atoms with Gasteiger partial charge in [0.1, 0.15) is 5.82 Å². The molecule has 0 fully saturated rings. The van der Waals surface area contributed by atoms with Crippen molar-refractivity contribution in [3.05, 3.63) is 40.5 Å². The number of hydrogen-bond donors (Lipinski definition) is 1. The molecule has 0 spiro atoms. The van der Waals surface area contributed by atoms with E-state index in [-0.39, 0.29) is 5.82 Å². The molecule has 0 atom stereocenters. The number of halogens is 4. The van der Waals surface area contributed by atoms with Gasteiger partial charge in [0, 0.05) is 10.5 Å². The van der Waals surface area contributed by atoms with E-state index in [0.717, 1.165) is 10.7 Å². The molecule has 2 aromatic rings. The number of aromatic nitrogens is 2. The molecule has 2 rings (SSSR count). The van der Waals surface area contributed by atoms with Gasteiger partial charge >= 0.3 is 6.18 Å². The van der Waals surface area contributed by atoms with Crippen molar-refractivity contribution in [1.29, 1.82) is 0 Å². The third-order valence-electron chi connectivity index (χ3n) is 2.11. The van der Waals surface area contributed by atoms with Crippen molar-refractivity contribution in [2.75, 3.05) is 5.73 Å². The van der Waals surface area contributed by atoms with E-state index in [1.54, 1.807) is 24.3 Å². The third-order valence-corrected chi connectivity index (χ3v) is 2.78. The highest BCUT2D eigenvalue weighted by molar-refractivity contribution is 9.10. The lowest BCUT2D eigenvalue weighted by Crippen LogP contribution is -2.07. The van der Waals surface area contributed by atoms with Crippen LogP contribution in [0.4, 0.5) is 19.0 Å². The number of para-hydroxylation sites is 1. The van der Waals surface area contributed by atoms with Gasteiger partial charge in [-0.3, -0.25) is 0 Å². The second-order valence-corrected chi connectivity index (χ2v) is 4.17. The Hall–Kier alpha value is -1.50. The highest BCUT2D eigenvalue weighted by Gasteiger charge is 2.34. The van der Waals surface area contributed by atoms with E-state index in [4.69, 9.17) is 5.73 Å². The monoisotopic (exact) mass is 305 g/mol. The molecule has 0 aliphatic carbocycles. The summed E-state index contributed by atoms with van der Waals surface area (Å²) < 4.78 is 39.0. The molecular weight excluding hydrogens is 299 g/mol. The number of anilines is 1. The van der Waals surface area contributed by atoms with Gasteiger partial charge in [0.2, 0.25) is 0 Å². The van der Waals surface area contributed by atoms with Gasteiger partial charge in [-0.05, 0) is 28.1 Å². The van der Waals surface area contributed by atoms with Gasteiger partial charge in [0.25, 0.3) is 0 Å². The maximum atomic E-state index is 12.5. The Kier molecular flexibility index (Phi) is 2.86. The molecule has 0 radical (unpaired) electrons. The molecule has 0 aliphatic heterocycles. The first-order chi connectivity index (χ1) is 7.89. The maximum absolute atomic E-state index is 12.5. The van der Waals surface area contributed by atoms with E-state index in [1.165, 1.54) is 0 Å². The minimum atomic E-state index is -4.50. The van der Waals surface area contributed by atoms with Crippen LogP contribution in [0.5, 0.6) is 0 Å². The first-order valence-electron chi connectivity index (χ1n) is 4.57. The summed E-state index contributed by atoms with van der Waals surface area (Å²) in [6.45, 7) is 0. The predicted molar refractivity (Wildman–Crippen MR) is 60.7 cm³/mol. The molecule has 0 amide bonds. The Morgan fingerprint density at radius 1 is 1.24 bits per heavy atom. The van der Waals surface area contributed by atoms with E-state index in [2.05, 4.69) is 21.0 Å². The van der Waals surface area contributed by atoms with Crippen molar-refractivity contribution in [1.82, 2.24) is 9.78 Å². The summed E-state index contributed by atoms with van der Waals surface area (Å²) in [5.41, 5.74) is 4.97. The van der Waals surface area contributed by atoms with Crippen molar-refractivity contribution in [3.8, 4) is 5.69 Å². The van der Waals surface area contributed by atoms with Crippen molar-refractivity contribution in [2.24, 2.45) is 0 Å². The Morgan fingerprint density at radius 2 is 1.88 bits per heavy atom. The van der Waals surface area contributed by atoms with Crippen molar-refractivity contribution < 1.29 is 13.2 Å². The van der Waals surface area contributed by atoms with E-state index in [1.807, 2.05) is 0 Å². The third kappa shape index (κ3) is 2.28. The first-order valence-corrected chi connectivity index (χ1v) is 5.36. The normalized spacial score (nSPS) is 11.8. The molecule has 0 aliphatic rings. The predicted octanol–water partition coefficient (Wildman–Crippen LogP) is 3.24. The molecule has 1 aromatic heterocycles. The second kappa shape index (κ2) is 4.06. The van der Waals surface area contributed by atoms with Crippen LogP contribution in [0.25, 0.3) is 5.69 Å². The molecule has 2 N–H and O–H groups in total. The average Bonchev–Trinajstić information content (AvgIpc) is 2.61. The van der Waals surface area contributed by atoms with Crippen molar-refractivity contribution >= 4 is 21.7 Å². The molecule has 3 nitrogen and oxygen atoms in total. The number of benzene rings is 1. The molecule has 0 bridgehead atoms. The lowest BCUT2D eigenvalue weighted by atomic mass is 10.3. The topological polar surface area (TPSA) is 43.8 Å². The zero-order valence-corrected chi connectivity index (χ0v) is 9.96. The number of hydrogen-bond acceptors (Lipinski definition) is 2. The van der Waals surface area contributed by atoms with Crippen LogP contribution in [0.1, 0.15) is 5.69 Å². The lowest BCUT2D eigenvalue weighted by Gasteiger charge is -2.06. The fraction of sp³-hybridized carbons (Fsp3) is 0.100. The standard InChI is InChI=1S/C10H7BrF3N3/c11-6-3-1-2-4-7(6)17-9(15)5-8(16-17)10(12,13)14/h1-5H,15H2. The number of alkyl halides is 3. The first kappa shape index (κ1) is 12.0. The summed E-state index contributed by atoms with van der Waals surface area (Å²) in [5, 5.41) is 3.45. The van der Waals surface area contributed by atoms with Gasteiger partial charge in [-0.2, -0.15) is 18.3 Å². The van der Waals surface area contributed by atoms with Gasteiger partial charge in [-0.15, -0.1) is 0 Å². The molecule has 0 saturated carbocycles. The summed E-state index contributed by atoms with van der Waals surface area (Å²) >= 11 is 3.23. The summed E-state index contributed by atoms with van der Waals surface area (Å²) in [4.78, 5) is 0. The van der Waals surface area contributed by atoms with Gasteiger partial charge in [-0.1, -0.05) is 12.1 Å². The fourth-order valence-corrected chi connectivity index (χ4v) is 1.80. The minimum absolute atomic E-state index is 0.0655. The smallest absolute Gasteiger partial charge is 0.384 e.